The molecule has 108 valence electrons. The van der Waals surface area contributed by atoms with Crippen molar-refractivity contribution in [3.63, 3.8) is 0 Å². The van der Waals surface area contributed by atoms with Crippen LogP contribution < -0.4 is 0 Å². The lowest BCUT2D eigenvalue weighted by molar-refractivity contribution is 0.198. The van der Waals surface area contributed by atoms with Gasteiger partial charge >= 0.3 is 0 Å². The second kappa shape index (κ2) is 6.64. The quantitative estimate of drug-likeness (QED) is 0.832. The lowest BCUT2D eigenvalue weighted by atomic mass is 10.2. The molecule has 1 aromatic heterocycles. The number of thioether (sulfide) groups is 1. The van der Waals surface area contributed by atoms with Gasteiger partial charge < -0.3 is 0 Å². The predicted octanol–water partition coefficient (Wildman–Crippen LogP) is 3.55. The fourth-order valence-corrected chi connectivity index (χ4v) is 4.43. The molecule has 0 amide bonds. The molecule has 0 bridgehead atoms. The van der Waals surface area contributed by atoms with Crippen LogP contribution in [-0.2, 0) is 19.5 Å². The maximum Gasteiger partial charge on any atom is 0.0767 e. The van der Waals surface area contributed by atoms with Crippen molar-refractivity contribution in [3.05, 3.63) is 15.9 Å². The third kappa shape index (κ3) is 3.19. The lowest BCUT2D eigenvalue weighted by Gasteiger charge is -2.37. The number of rotatable bonds is 4. The molecule has 2 unspecified atom stereocenters. The summed E-state index contributed by atoms with van der Waals surface area (Å²) in [5.41, 5.74) is 2.52. The summed E-state index contributed by atoms with van der Waals surface area (Å²) in [6.07, 6.45) is 0.988. The Labute approximate surface area is 129 Å². The minimum Gasteiger partial charge on any atom is -0.293 e. The summed E-state index contributed by atoms with van der Waals surface area (Å²) in [6, 6.07) is 0.635. The van der Waals surface area contributed by atoms with Gasteiger partial charge in [-0.2, -0.15) is 16.9 Å². The van der Waals surface area contributed by atoms with E-state index < -0.39 is 0 Å². The molecule has 2 heterocycles. The first-order valence-corrected chi connectivity index (χ1v) is 9.02. The van der Waals surface area contributed by atoms with Crippen molar-refractivity contribution in [1.29, 1.82) is 0 Å². The molecule has 2 rings (SSSR count). The van der Waals surface area contributed by atoms with Crippen molar-refractivity contribution in [2.75, 3.05) is 12.3 Å². The van der Waals surface area contributed by atoms with Crippen LogP contribution in [0.4, 0.5) is 0 Å². The van der Waals surface area contributed by atoms with E-state index >= 15 is 0 Å². The van der Waals surface area contributed by atoms with E-state index in [1.54, 1.807) is 0 Å². The summed E-state index contributed by atoms with van der Waals surface area (Å²) in [7, 11) is 0. The number of nitrogens with zero attached hydrogens (tertiary/aromatic N) is 3. The molecule has 1 saturated heterocycles. The summed E-state index contributed by atoms with van der Waals surface area (Å²) in [5, 5.41) is 5.41. The van der Waals surface area contributed by atoms with Crippen LogP contribution in [0.5, 0.6) is 0 Å². The van der Waals surface area contributed by atoms with Gasteiger partial charge in [-0.3, -0.25) is 9.58 Å². The third-order valence-corrected chi connectivity index (χ3v) is 6.31. The number of aromatic nitrogens is 2. The van der Waals surface area contributed by atoms with Crippen LogP contribution in [0.3, 0.4) is 0 Å². The van der Waals surface area contributed by atoms with E-state index in [9.17, 15) is 0 Å². The molecule has 19 heavy (non-hydrogen) atoms. The van der Waals surface area contributed by atoms with E-state index in [0.717, 1.165) is 24.8 Å². The average molecular weight is 346 g/mol. The highest BCUT2D eigenvalue weighted by molar-refractivity contribution is 9.10. The first kappa shape index (κ1) is 15.4. The Kier molecular flexibility index (Phi) is 5.37. The van der Waals surface area contributed by atoms with E-state index in [1.165, 1.54) is 28.2 Å². The molecule has 2 atom stereocenters. The number of aryl methyl sites for hydroxylation is 2. The molecule has 1 aliphatic rings. The zero-order valence-electron chi connectivity index (χ0n) is 12.3. The molecular formula is C14H24BrN3S. The first-order chi connectivity index (χ1) is 9.08. The van der Waals surface area contributed by atoms with Gasteiger partial charge in [0.1, 0.15) is 0 Å². The molecule has 0 saturated carbocycles. The van der Waals surface area contributed by atoms with E-state index in [2.05, 4.69) is 65.0 Å². The molecule has 0 N–H and O–H groups in total. The molecular weight excluding hydrogens is 322 g/mol. The summed E-state index contributed by atoms with van der Waals surface area (Å²) < 4.78 is 3.37. The summed E-state index contributed by atoms with van der Waals surface area (Å²) in [5.74, 6) is 1.24. The highest BCUT2D eigenvalue weighted by atomic mass is 79.9. The van der Waals surface area contributed by atoms with Gasteiger partial charge in [-0.1, -0.05) is 13.8 Å². The second-order valence-electron chi connectivity index (χ2n) is 5.16. The molecule has 0 radical (unpaired) electrons. The molecule has 0 spiro atoms. The standard InChI is InChI=1S/C14H24BrN3S/c1-5-12-14(15)13(18(6-2)16-12)9-17-7-8-19-11(4)10(17)3/h10-11H,5-9H2,1-4H3. The van der Waals surface area contributed by atoms with Gasteiger partial charge in [0.2, 0.25) is 0 Å². The van der Waals surface area contributed by atoms with E-state index in [-0.39, 0.29) is 0 Å². The third-order valence-electron chi connectivity index (χ3n) is 4.06. The van der Waals surface area contributed by atoms with Gasteiger partial charge in [0.25, 0.3) is 0 Å². The zero-order chi connectivity index (χ0) is 14.0. The second-order valence-corrected chi connectivity index (χ2v) is 7.44. The Morgan fingerprint density at radius 2 is 2.11 bits per heavy atom. The molecule has 1 fully saturated rings. The van der Waals surface area contributed by atoms with Crippen LogP contribution in [0, 0.1) is 0 Å². The molecule has 0 aromatic carbocycles. The Bertz CT molecular complexity index is 433. The highest BCUT2D eigenvalue weighted by Gasteiger charge is 2.27. The minimum atomic E-state index is 0.635. The average Bonchev–Trinajstić information content (AvgIpc) is 2.71. The minimum absolute atomic E-state index is 0.635. The number of hydrogen-bond donors (Lipinski definition) is 0. The molecule has 5 heteroatoms. The van der Waals surface area contributed by atoms with Crippen molar-refractivity contribution in [3.8, 4) is 0 Å². The molecule has 3 nitrogen and oxygen atoms in total. The predicted molar refractivity (Wildman–Crippen MR) is 86.8 cm³/mol. The smallest absolute Gasteiger partial charge is 0.0767 e. The van der Waals surface area contributed by atoms with E-state index in [4.69, 9.17) is 5.10 Å². The summed E-state index contributed by atoms with van der Waals surface area (Å²) in [6.45, 7) is 12.1. The van der Waals surface area contributed by atoms with Gasteiger partial charge in [0.05, 0.1) is 15.9 Å². The van der Waals surface area contributed by atoms with Gasteiger partial charge in [-0.25, -0.2) is 0 Å². The fourth-order valence-electron chi connectivity index (χ4n) is 2.58. The zero-order valence-corrected chi connectivity index (χ0v) is 14.7. The Balaban J connectivity index is 2.20. The monoisotopic (exact) mass is 345 g/mol. The van der Waals surface area contributed by atoms with Crippen molar-refractivity contribution in [1.82, 2.24) is 14.7 Å². The molecule has 1 aromatic rings. The van der Waals surface area contributed by atoms with Gasteiger partial charge in [0.15, 0.2) is 0 Å². The van der Waals surface area contributed by atoms with Crippen molar-refractivity contribution < 1.29 is 0 Å². The van der Waals surface area contributed by atoms with Crippen LogP contribution in [0.15, 0.2) is 4.47 Å². The van der Waals surface area contributed by atoms with Crippen LogP contribution in [0.1, 0.15) is 39.1 Å². The first-order valence-electron chi connectivity index (χ1n) is 7.18. The molecule has 1 aliphatic heterocycles. The Hall–Kier alpha value is -0.000000000000000111. The topological polar surface area (TPSA) is 21.1 Å². The SMILES string of the molecule is CCc1nn(CC)c(CN2CCSC(C)C2C)c1Br. The molecule has 0 aliphatic carbocycles. The van der Waals surface area contributed by atoms with E-state index in [0.29, 0.717) is 6.04 Å². The van der Waals surface area contributed by atoms with Crippen LogP contribution in [-0.4, -0.2) is 38.3 Å². The maximum absolute atomic E-state index is 4.69. The summed E-state index contributed by atoms with van der Waals surface area (Å²) >= 11 is 5.84. The highest BCUT2D eigenvalue weighted by Crippen LogP contribution is 2.29. The summed E-state index contributed by atoms with van der Waals surface area (Å²) in [4.78, 5) is 2.59. The van der Waals surface area contributed by atoms with E-state index in [1.807, 2.05) is 0 Å². The number of halogens is 1. The number of hydrogen-bond acceptors (Lipinski definition) is 3. The maximum atomic E-state index is 4.69. The normalized spacial score (nSPS) is 24.9. The van der Waals surface area contributed by atoms with Gasteiger partial charge in [-0.15, -0.1) is 0 Å². The van der Waals surface area contributed by atoms with Crippen molar-refractivity contribution in [2.24, 2.45) is 0 Å². The van der Waals surface area contributed by atoms with Crippen LogP contribution >= 0.6 is 27.7 Å². The van der Waals surface area contributed by atoms with Crippen LogP contribution in [0.25, 0.3) is 0 Å². The Morgan fingerprint density at radius 1 is 1.37 bits per heavy atom. The fraction of sp³-hybridized carbons (Fsp3) is 0.786. The largest absolute Gasteiger partial charge is 0.293 e. The van der Waals surface area contributed by atoms with Gasteiger partial charge in [-0.05, 0) is 36.2 Å². The lowest BCUT2D eigenvalue weighted by Crippen LogP contribution is -2.44. The van der Waals surface area contributed by atoms with Crippen LogP contribution in [0.2, 0.25) is 0 Å². The Morgan fingerprint density at radius 3 is 2.74 bits per heavy atom. The van der Waals surface area contributed by atoms with Gasteiger partial charge in [0, 0.05) is 36.7 Å². The van der Waals surface area contributed by atoms with Crippen molar-refractivity contribution >= 4 is 27.7 Å². The van der Waals surface area contributed by atoms with Crippen molar-refractivity contribution in [2.45, 2.75) is 58.5 Å².